The van der Waals surface area contributed by atoms with Crippen molar-refractivity contribution in [2.24, 2.45) is 5.73 Å². The van der Waals surface area contributed by atoms with E-state index < -0.39 is 0 Å². The predicted molar refractivity (Wildman–Crippen MR) is 93.8 cm³/mol. The molecule has 0 aliphatic carbocycles. The van der Waals surface area contributed by atoms with Crippen LogP contribution in [0.15, 0.2) is 46.3 Å². The number of halogens is 1. The summed E-state index contributed by atoms with van der Waals surface area (Å²) in [7, 11) is 2.06. The standard InChI is InChI=1S/C16H16BrN3S/c1-20(9-13-7-12(17)10-21-13)16-6-11(8-18)14-4-2-3-5-15(14)19-16/h2-7,10H,8-9,18H2,1H3. The van der Waals surface area contributed by atoms with E-state index in [0.717, 1.165) is 33.3 Å². The molecule has 0 spiro atoms. The van der Waals surface area contributed by atoms with Crippen LogP contribution in [0.1, 0.15) is 10.4 Å². The Morgan fingerprint density at radius 3 is 2.81 bits per heavy atom. The summed E-state index contributed by atoms with van der Waals surface area (Å²) in [5.74, 6) is 0.957. The van der Waals surface area contributed by atoms with E-state index in [2.05, 4.69) is 51.5 Å². The molecular weight excluding hydrogens is 346 g/mol. The van der Waals surface area contributed by atoms with Crippen molar-refractivity contribution >= 4 is 44.0 Å². The number of thiophene rings is 1. The molecule has 3 nitrogen and oxygen atoms in total. The van der Waals surface area contributed by atoms with Gasteiger partial charge in [-0.2, -0.15) is 0 Å². The molecule has 3 rings (SSSR count). The van der Waals surface area contributed by atoms with Gasteiger partial charge in [-0.3, -0.25) is 0 Å². The van der Waals surface area contributed by atoms with Crippen LogP contribution in [0, 0.1) is 0 Å². The Hall–Kier alpha value is -1.43. The third-order valence-corrected chi connectivity index (χ3v) is 5.10. The van der Waals surface area contributed by atoms with Crippen molar-refractivity contribution in [3.05, 3.63) is 56.7 Å². The smallest absolute Gasteiger partial charge is 0.129 e. The van der Waals surface area contributed by atoms with Crippen LogP contribution in [-0.4, -0.2) is 12.0 Å². The van der Waals surface area contributed by atoms with Gasteiger partial charge in [0, 0.05) is 33.7 Å². The largest absolute Gasteiger partial charge is 0.355 e. The predicted octanol–water partition coefficient (Wildman–Crippen LogP) is 4.15. The van der Waals surface area contributed by atoms with Crippen LogP contribution in [-0.2, 0) is 13.1 Å². The van der Waals surface area contributed by atoms with E-state index in [1.165, 1.54) is 4.88 Å². The molecule has 2 heterocycles. The van der Waals surface area contributed by atoms with Gasteiger partial charge in [-0.1, -0.05) is 18.2 Å². The van der Waals surface area contributed by atoms with Crippen molar-refractivity contribution in [2.45, 2.75) is 13.1 Å². The van der Waals surface area contributed by atoms with Crippen molar-refractivity contribution in [1.29, 1.82) is 0 Å². The lowest BCUT2D eigenvalue weighted by atomic mass is 10.1. The minimum absolute atomic E-state index is 0.522. The molecule has 0 amide bonds. The Morgan fingerprint density at radius 2 is 2.10 bits per heavy atom. The third kappa shape index (κ3) is 3.10. The van der Waals surface area contributed by atoms with E-state index in [4.69, 9.17) is 10.7 Å². The van der Waals surface area contributed by atoms with Crippen molar-refractivity contribution in [1.82, 2.24) is 4.98 Å². The van der Waals surface area contributed by atoms with Gasteiger partial charge in [-0.15, -0.1) is 11.3 Å². The molecule has 2 aromatic heterocycles. The first-order valence-electron chi connectivity index (χ1n) is 6.70. The van der Waals surface area contributed by atoms with Gasteiger partial charge in [0.2, 0.25) is 0 Å². The molecule has 0 fully saturated rings. The summed E-state index contributed by atoms with van der Waals surface area (Å²) in [6, 6.07) is 12.4. The van der Waals surface area contributed by atoms with E-state index >= 15 is 0 Å². The Balaban J connectivity index is 1.95. The number of hydrogen-bond donors (Lipinski definition) is 1. The van der Waals surface area contributed by atoms with Gasteiger partial charge < -0.3 is 10.6 Å². The second kappa shape index (κ2) is 6.13. The summed E-state index contributed by atoms with van der Waals surface area (Å²) >= 11 is 5.24. The first-order chi connectivity index (χ1) is 10.2. The maximum absolute atomic E-state index is 5.89. The van der Waals surface area contributed by atoms with E-state index in [1.54, 1.807) is 11.3 Å². The van der Waals surface area contributed by atoms with Crippen molar-refractivity contribution in [3.8, 4) is 0 Å². The lowest BCUT2D eigenvalue weighted by Gasteiger charge is -2.19. The number of aromatic nitrogens is 1. The summed E-state index contributed by atoms with van der Waals surface area (Å²) in [6.45, 7) is 1.36. The molecule has 21 heavy (non-hydrogen) atoms. The summed E-state index contributed by atoms with van der Waals surface area (Å²) in [5, 5.41) is 3.23. The Bertz CT molecular complexity index is 769. The van der Waals surface area contributed by atoms with Crippen LogP contribution >= 0.6 is 27.3 Å². The number of fused-ring (bicyclic) bond motifs is 1. The lowest BCUT2D eigenvalue weighted by Crippen LogP contribution is -2.17. The van der Waals surface area contributed by atoms with E-state index in [-0.39, 0.29) is 0 Å². The molecule has 0 aliphatic heterocycles. The van der Waals surface area contributed by atoms with E-state index in [9.17, 15) is 0 Å². The minimum atomic E-state index is 0.522. The van der Waals surface area contributed by atoms with Gasteiger partial charge in [0.1, 0.15) is 5.82 Å². The monoisotopic (exact) mass is 361 g/mol. The Kier molecular flexibility index (Phi) is 4.24. The van der Waals surface area contributed by atoms with E-state index in [0.29, 0.717) is 6.54 Å². The van der Waals surface area contributed by atoms with Gasteiger partial charge in [-0.05, 0) is 39.7 Å². The Labute approximate surface area is 136 Å². The van der Waals surface area contributed by atoms with Gasteiger partial charge in [0.05, 0.1) is 12.1 Å². The second-order valence-corrected chi connectivity index (χ2v) is 6.86. The SMILES string of the molecule is CN(Cc1cc(Br)cs1)c1cc(CN)c2ccccc2n1. The quantitative estimate of drug-likeness (QED) is 0.758. The number of pyridine rings is 1. The molecule has 108 valence electrons. The van der Waals surface area contributed by atoms with Crippen molar-refractivity contribution < 1.29 is 0 Å². The van der Waals surface area contributed by atoms with Crippen LogP contribution in [0.2, 0.25) is 0 Å². The van der Waals surface area contributed by atoms with Gasteiger partial charge in [0.25, 0.3) is 0 Å². The molecule has 0 radical (unpaired) electrons. The maximum Gasteiger partial charge on any atom is 0.129 e. The zero-order chi connectivity index (χ0) is 14.8. The first kappa shape index (κ1) is 14.5. The summed E-state index contributed by atoms with van der Waals surface area (Å²) in [6.07, 6.45) is 0. The molecule has 1 aromatic carbocycles. The number of nitrogens with zero attached hydrogens (tertiary/aromatic N) is 2. The minimum Gasteiger partial charge on any atom is -0.355 e. The zero-order valence-electron chi connectivity index (χ0n) is 11.7. The molecule has 0 saturated carbocycles. The molecule has 3 aromatic rings. The lowest BCUT2D eigenvalue weighted by molar-refractivity contribution is 0.913. The van der Waals surface area contributed by atoms with Crippen LogP contribution in [0.25, 0.3) is 10.9 Å². The normalized spacial score (nSPS) is 11.0. The van der Waals surface area contributed by atoms with E-state index in [1.807, 2.05) is 18.2 Å². The highest BCUT2D eigenvalue weighted by Crippen LogP contribution is 2.25. The summed E-state index contributed by atoms with van der Waals surface area (Å²) < 4.78 is 1.13. The van der Waals surface area contributed by atoms with Crippen LogP contribution in [0.5, 0.6) is 0 Å². The highest BCUT2D eigenvalue weighted by Gasteiger charge is 2.09. The average Bonchev–Trinajstić information content (AvgIpc) is 2.91. The number of anilines is 1. The fraction of sp³-hybridized carbons (Fsp3) is 0.188. The number of benzene rings is 1. The fourth-order valence-corrected chi connectivity index (χ4v) is 3.85. The maximum atomic E-state index is 5.89. The number of nitrogens with two attached hydrogens (primary N) is 1. The molecule has 5 heteroatoms. The third-order valence-electron chi connectivity index (χ3n) is 3.41. The van der Waals surface area contributed by atoms with Crippen molar-refractivity contribution in [2.75, 3.05) is 11.9 Å². The molecule has 0 aliphatic rings. The molecular formula is C16H16BrN3S. The van der Waals surface area contributed by atoms with Crippen LogP contribution in [0.4, 0.5) is 5.82 Å². The second-order valence-electron chi connectivity index (χ2n) is 4.95. The Morgan fingerprint density at radius 1 is 1.29 bits per heavy atom. The van der Waals surface area contributed by atoms with Gasteiger partial charge in [-0.25, -0.2) is 4.98 Å². The fourth-order valence-electron chi connectivity index (χ4n) is 2.35. The molecule has 0 unspecified atom stereocenters. The molecule has 0 atom stereocenters. The van der Waals surface area contributed by atoms with Crippen LogP contribution in [0.3, 0.4) is 0 Å². The number of hydrogen-bond acceptors (Lipinski definition) is 4. The first-order valence-corrected chi connectivity index (χ1v) is 8.37. The highest BCUT2D eigenvalue weighted by atomic mass is 79.9. The number of para-hydroxylation sites is 1. The summed E-state index contributed by atoms with van der Waals surface area (Å²) in [4.78, 5) is 8.21. The van der Waals surface area contributed by atoms with Crippen LogP contribution < -0.4 is 10.6 Å². The van der Waals surface area contributed by atoms with Gasteiger partial charge in [0.15, 0.2) is 0 Å². The van der Waals surface area contributed by atoms with Crippen molar-refractivity contribution in [3.63, 3.8) is 0 Å². The average molecular weight is 362 g/mol. The highest BCUT2D eigenvalue weighted by molar-refractivity contribution is 9.10. The number of rotatable bonds is 4. The summed E-state index contributed by atoms with van der Waals surface area (Å²) in [5.41, 5.74) is 8.02. The van der Waals surface area contributed by atoms with Gasteiger partial charge >= 0.3 is 0 Å². The topological polar surface area (TPSA) is 42.1 Å². The molecule has 2 N–H and O–H groups in total. The molecule has 0 bridgehead atoms. The zero-order valence-corrected chi connectivity index (χ0v) is 14.1. The molecule has 0 saturated heterocycles.